The molecule has 1 N–H and O–H groups in total. The van der Waals surface area contributed by atoms with E-state index in [2.05, 4.69) is 17.3 Å². The second-order valence-electron chi connectivity index (χ2n) is 4.32. The van der Waals surface area contributed by atoms with E-state index in [1.807, 2.05) is 0 Å². The highest BCUT2D eigenvalue weighted by Crippen LogP contribution is 2.15. The van der Waals surface area contributed by atoms with E-state index in [9.17, 15) is 0 Å². The van der Waals surface area contributed by atoms with Crippen molar-refractivity contribution < 1.29 is 4.74 Å². The second kappa shape index (κ2) is 4.40. The fourth-order valence-corrected chi connectivity index (χ4v) is 2.30. The van der Waals surface area contributed by atoms with Gasteiger partial charge in [-0.05, 0) is 38.9 Å². The molecular formula is C10H20N2O. The minimum atomic E-state index is 0.681. The largest absolute Gasteiger partial charge is 0.380 e. The first-order valence-electron chi connectivity index (χ1n) is 5.35. The van der Waals surface area contributed by atoms with Gasteiger partial charge in [-0.2, -0.15) is 0 Å². The molecule has 0 spiro atoms. The van der Waals surface area contributed by atoms with Crippen molar-refractivity contribution in [2.75, 3.05) is 39.9 Å². The molecule has 76 valence electrons. The quantitative estimate of drug-likeness (QED) is 0.683. The first kappa shape index (κ1) is 9.44. The minimum Gasteiger partial charge on any atom is -0.380 e. The molecule has 0 radical (unpaired) electrons. The lowest BCUT2D eigenvalue weighted by atomic mass is 10.1. The average molecular weight is 184 g/mol. The summed E-state index contributed by atoms with van der Waals surface area (Å²) in [5.41, 5.74) is 0. The van der Waals surface area contributed by atoms with Crippen LogP contribution in [0.1, 0.15) is 12.8 Å². The molecule has 3 nitrogen and oxygen atoms in total. The van der Waals surface area contributed by atoms with Gasteiger partial charge >= 0.3 is 0 Å². The van der Waals surface area contributed by atoms with E-state index in [4.69, 9.17) is 4.74 Å². The van der Waals surface area contributed by atoms with Gasteiger partial charge in [0.2, 0.25) is 0 Å². The Bertz CT molecular complexity index is 151. The highest BCUT2D eigenvalue weighted by Gasteiger charge is 2.23. The van der Waals surface area contributed by atoms with Crippen LogP contribution >= 0.6 is 0 Å². The molecule has 2 aliphatic rings. The zero-order chi connectivity index (χ0) is 9.10. The molecule has 2 saturated heterocycles. The number of nitrogens with one attached hydrogen (secondary N) is 1. The predicted molar refractivity (Wildman–Crippen MR) is 52.8 cm³/mol. The molecule has 2 rings (SSSR count). The summed E-state index contributed by atoms with van der Waals surface area (Å²) in [4.78, 5) is 2.48. The topological polar surface area (TPSA) is 24.5 Å². The molecule has 0 aromatic carbocycles. The van der Waals surface area contributed by atoms with Crippen LogP contribution in [0.3, 0.4) is 0 Å². The number of hydrogen-bond acceptors (Lipinski definition) is 3. The Balaban J connectivity index is 1.73. The van der Waals surface area contributed by atoms with Crippen molar-refractivity contribution in [3.05, 3.63) is 0 Å². The van der Waals surface area contributed by atoms with Gasteiger partial charge in [-0.3, -0.25) is 0 Å². The van der Waals surface area contributed by atoms with Gasteiger partial charge in [0.05, 0.1) is 6.61 Å². The summed E-state index contributed by atoms with van der Waals surface area (Å²) < 4.78 is 5.39. The van der Waals surface area contributed by atoms with Crippen molar-refractivity contribution in [3.63, 3.8) is 0 Å². The molecule has 0 amide bonds. The number of likely N-dealkylation sites (N-methyl/N-ethyl adjacent to an activating group) is 1. The van der Waals surface area contributed by atoms with Gasteiger partial charge < -0.3 is 15.0 Å². The fraction of sp³-hybridized carbons (Fsp3) is 1.00. The zero-order valence-electron chi connectivity index (χ0n) is 8.46. The summed E-state index contributed by atoms with van der Waals surface area (Å²) >= 11 is 0. The summed E-state index contributed by atoms with van der Waals surface area (Å²) in [5.74, 6) is 0.866. The van der Waals surface area contributed by atoms with E-state index in [0.29, 0.717) is 6.04 Å². The molecule has 0 aromatic rings. The normalized spacial score (nSPS) is 34.6. The van der Waals surface area contributed by atoms with Crippen molar-refractivity contribution in [2.24, 2.45) is 5.92 Å². The van der Waals surface area contributed by atoms with E-state index < -0.39 is 0 Å². The standard InChI is InChI=1S/C10H20N2O/c1-12(10-3-5-13-8-10)7-9-2-4-11-6-9/h9-11H,2-8H2,1H3. The molecule has 2 fully saturated rings. The number of hydrogen-bond donors (Lipinski definition) is 1. The van der Waals surface area contributed by atoms with Crippen LogP contribution in [0.2, 0.25) is 0 Å². The number of ether oxygens (including phenoxy) is 1. The molecule has 2 unspecified atom stereocenters. The second-order valence-corrected chi connectivity index (χ2v) is 4.32. The maximum Gasteiger partial charge on any atom is 0.0622 e. The molecular weight excluding hydrogens is 164 g/mol. The highest BCUT2D eigenvalue weighted by atomic mass is 16.5. The molecule has 3 heteroatoms. The minimum absolute atomic E-state index is 0.681. The van der Waals surface area contributed by atoms with E-state index in [0.717, 1.165) is 19.1 Å². The summed E-state index contributed by atoms with van der Waals surface area (Å²) in [6, 6.07) is 0.681. The average Bonchev–Trinajstić information content (AvgIpc) is 2.74. The van der Waals surface area contributed by atoms with Gasteiger partial charge in [0.15, 0.2) is 0 Å². The van der Waals surface area contributed by atoms with Gasteiger partial charge in [-0.15, -0.1) is 0 Å². The van der Waals surface area contributed by atoms with Crippen LogP contribution in [0, 0.1) is 5.92 Å². The number of rotatable bonds is 3. The van der Waals surface area contributed by atoms with Crippen LogP contribution in [-0.2, 0) is 4.74 Å². The van der Waals surface area contributed by atoms with Crippen molar-refractivity contribution in [2.45, 2.75) is 18.9 Å². The summed E-state index contributed by atoms with van der Waals surface area (Å²) in [7, 11) is 2.23. The van der Waals surface area contributed by atoms with Crippen LogP contribution in [0.25, 0.3) is 0 Å². The lowest BCUT2D eigenvalue weighted by Gasteiger charge is -2.25. The van der Waals surface area contributed by atoms with Gasteiger partial charge in [0, 0.05) is 19.2 Å². The van der Waals surface area contributed by atoms with Crippen molar-refractivity contribution >= 4 is 0 Å². The van der Waals surface area contributed by atoms with Crippen molar-refractivity contribution in [3.8, 4) is 0 Å². The Labute approximate surface area is 80.4 Å². The lowest BCUT2D eigenvalue weighted by molar-refractivity contribution is 0.151. The highest BCUT2D eigenvalue weighted by molar-refractivity contribution is 4.78. The third kappa shape index (κ3) is 2.42. The molecule has 2 aliphatic heterocycles. The lowest BCUT2D eigenvalue weighted by Crippen LogP contribution is -2.36. The fourth-order valence-electron chi connectivity index (χ4n) is 2.30. The SMILES string of the molecule is CN(CC1CCNC1)C1CCOC1. The predicted octanol–water partition coefficient (Wildman–Crippen LogP) is 0.317. The van der Waals surface area contributed by atoms with Crippen molar-refractivity contribution in [1.29, 1.82) is 0 Å². The van der Waals surface area contributed by atoms with E-state index in [1.165, 1.54) is 32.5 Å². The Morgan fingerprint density at radius 3 is 3.00 bits per heavy atom. The third-order valence-corrected chi connectivity index (χ3v) is 3.24. The Kier molecular flexibility index (Phi) is 3.19. The smallest absolute Gasteiger partial charge is 0.0622 e. The molecule has 2 atom stereocenters. The van der Waals surface area contributed by atoms with Crippen LogP contribution < -0.4 is 5.32 Å². The van der Waals surface area contributed by atoms with Gasteiger partial charge in [-0.1, -0.05) is 0 Å². The van der Waals surface area contributed by atoms with Gasteiger partial charge in [0.1, 0.15) is 0 Å². The Morgan fingerprint density at radius 2 is 2.38 bits per heavy atom. The Morgan fingerprint density at radius 1 is 1.46 bits per heavy atom. The molecule has 0 bridgehead atoms. The molecule has 2 heterocycles. The van der Waals surface area contributed by atoms with E-state index in [1.54, 1.807) is 0 Å². The number of nitrogens with zero attached hydrogens (tertiary/aromatic N) is 1. The van der Waals surface area contributed by atoms with E-state index >= 15 is 0 Å². The van der Waals surface area contributed by atoms with Crippen LogP contribution in [-0.4, -0.2) is 50.8 Å². The summed E-state index contributed by atoms with van der Waals surface area (Å²) in [5, 5.41) is 3.41. The van der Waals surface area contributed by atoms with E-state index in [-0.39, 0.29) is 0 Å². The maximum atomic E-state index is 5.39. The van der Waals surface area contributed by atoms with Gasteiger partial charge in [0.25, 0.3) is 0 Å². The zero-order valence-corrected chi connectivity index (χ0v) is 8.46. The Hall–Kier alpha value is -0.120. The third-order valence-electron chi connectivity index (χ3n) is 3.24. The summed E-state index contributed by atoms with van der Waals surface area (Å²) in [6.45, 7) is 5.55. The maximum absolute atomic E-state index is 5.39. The van der Waals surface area contributed by atoms with Crippen LogP contribution in [0.5, 0.6) is 0 Å². The molecule has 0 aliphatic carbocycles. The van der Waals surface area contributed by atoms with Crippen molar-refractivity contribution in [1.82, 2.24) is 10.2 Å². The van der Waals surface area contributed by atoms with Gasteiger partial charge in [-0.25, -0.2) is 0 Å². The summed E-state index contributed by atoms with van der Waals surface area (Å²) in [6.07, 6.45) is 2.56. The molecule has 13 heavy (non-hydrogen) atoms. The first-order chi connectivity index (χ1) is 6.36. The first-order valence-corrected chi connectivity index (χ1v) is 5.35. The molecule has 0 saturated carbocycles. The monoisotopic (exact) mass is 184 g/mol. The molecule has 0 aromatic heterocycles. The van der Waals surface area contributed by atoms with Crippen LogP contribution in [0.15, 0.2) is 0 Å². The van der Waals surface area contributed by atoms with Crippen LogP contribution in [0.4, 0.5) is 0 Å².